The van der Waals surface area contributed by atoms with Crippen LogP contribution in [0, 0.1) is 17.0 Å². The number of pyridine rings is 1. The molecule has 7 heteroatoms. The number of non-ortho nitro benzene ring substituents is 1. The standard InChI is InChI=1S/C19H17N3O3S/c1-12(14-5-3-6-15(11-14)22(24)25)21-19(23)16-8-9-17(20-13(16)2)18-7-4-10-26-18/h3-12H,1-2H3,(H,21,23). The van der Waals surface area contributed by atoms with Crippen molar-refractivity contribution >= 4 is 22.9 Å². The minimum Gasteiger partial charge on any atom is -0.345 e. The number of thiophene rings is 1. The van der Waals surface area contributed by atoms with Crippen molar-refractivity contribution in [2.24, 2.45) is 0 Å². The van der Waals surface area contributed by atoms with Crippen molar-refractivity contribution in [3.63, 3.8) is 0 Å². The highest BCUT2D eigenvalue weighted by atomic mass is 32.1. The first-order valence-corrected chi connectivity index (χ1v) is 8.90. The quantitative estimate of drug-likeness (QED) is 0.531. The number of nitro groups is 1. The van der Waals surface area contributed by atoms with Gasteiger partial charge in [0.15, 0.2) is 0 Å². The summed E-state index contributed by atoms with van der Waals surface area (Å²) in [6.07, 6.45) is 0. The van der Waals surface area contributed by atoms with Crippen LogP contribution in [0.4, 0.5) is 5.69 Å². The van der Waals surface area contributed by atoms with Gasteiger partial charge >= 0.3 is 0 Å². The van der Waals surface area contributed by atoms with E-state index in [-0.39, 0.29) is 17.6 Å². The fourth-order valence-electron chi connectivity index (χ4n) is 2.63. The zero-order valence-electron chi connectivity index (χ0n) is 14.3. The zero-order chi connectivity index (χ0) is 18.7. The molecule has 0 saturated carbocycles. The van der Waals surface area contributed by atoms with E-state index in [1.807, 2.05) is 23.6 Å². The van der Waals surface area contributed by atoms with E-state index in [9.17, 15) is 14.9 Å². The Bertz CT molecular complexity index is 954. The average molecular weight is 367 g/mol. The van der Waals surface area contributed by atoms with Gasteiger partial charge in [0.2, 0.25) is 0 Å². The maximum Gasteiger partial charge on any atom is 0.269 e. The molecule has 2 aromatic heterocycles. The van der Waals surface area contributed by atoms with E-state index in [1.165, 1.54) is 12.1 Å². The molecule has 0 bridgehead atoms. The van der Waals surface area contributed by atoms with Gasteiger partial charge in [-0.25, -0.2) is 0 Å². The zero-order valence-corrected chi connectivity index (χ0v) is 15.1. The lowest BCUT2D eigenvalue weighted by molar-refractivity contribution is -0.384. The van der Waals surface area contributed by atoms with Gasteiger partial charge in [-0.2, -0.15) is 0 Å². The smallest absolute Gasteiger partial charge is 0.269 e. The third-order valence-electron chi connectivity index (χ3n) is 4.03. The summed E-state index contributed by atoms with van der Waals surface area (Å²) in [7, 11) is 0. The number of nitro benzene ring substituents is 1. The first-order chi connectivity index (χ1) is 12.5. The van der Waals surface area contributed by atoms with E-state index < -0.39 is 4.92 Å². The molecule has 6 nitrogen and oxygen atoms in total. The van der Waals surface area contributed by atoms with Gasteiger partial charge in [0, 0.05) is 12.1 Å². The van der Waals surface area contributed by atoms with Crippen LogP contribution in [0.15, 0.2) is 53.9 Å². The Balaban J connectivity index is 1.77. The van der Waals surface area contributed by atoms with Crippen molar-refractivity contribution < 1.29 is 9.72 Å². The summed E-state index contributed by atoms with van der Waals surface area (Å²) < 4.78 is 0. The Hall–Kier alpha value is -3.06. The van der Waals surface area contributed by atoms with Crippen LogP contribution in [0.25, 0.3) is 10.6 Å². The molecule has 0 aliphatic heterocycles. The molecule has 26 heavy (non-hydrogen) atoms. The Kier molecular flexibility index (Phi) is 5.09. The van der Waals surface area contributed by atoms with Gasteiger partial charge in [0.25, 0.3) is 11.6 Å². The second-order valence-corrected chi connectivity index (χ2v) is 6.80. The lowest BCUT2D eigenvalue weighted by Crippen LogP contribution is -2.27. The molecule has 1 unspecified atom stereocenters. The van der Waals surface area contributed by atoms with Crippen LogP contribution < -0.4 is 5.32 Å². The Morgan fingerprint density at radius 3 is 2.69 bits per heavy atom. The SMILES string of the molecule is Cc1nc(-c2cccs2)ccc1C(=O)NC(C)c1cccc([N+](=O)[O-])c1. The number of hydrogen-bond donors (Lipinski definition) is 1. The summed E-state index contributed by atoms with van der Waals surface area (Å²) in [4.78, 5) is 28.6. The molecular weight excluding hydrogens is 350 g/mol. The molecule has 0 saturated heterocycles. The summed E-state index contributed by atoms with van der Waals surface area (Å²) in [6.45, 7) is 3.59. The van der Waals surface area contributed by atoms with Gasteiger partial charge in [-0.05, 0) is 43.0 Å². The molecule has 3 rings (SSSR count). The molecule has 1 N–H and O–H groups in total. The van der Waals surface area contributed by atoms with Crippen LogP contribution in [0.2, 0.25) is 0 Å². The number of aryl methyl sites for hydroxylation is 1. The minimum absolute atomic E-state index is 0.00162. The average Bonchev–Trinajstić information content (AvgIpc) is 3.16. The molecule has 1 aromatic carbocycles. The van der Waals surface area contributed by atoms with Gasteiger partial charge in [-0.15, -0.1) is 11.3 Å². The fourth-order valence-corrected chi connectivity index (χ4v) is 3.32. The molecule has 3 aromatic rings. The number of hydrogen-bond acceptors (Lipinski definition) is 5. The maximum absolute atomic E-state index is 12.6. The van der Waals surface area contributed by atoms with E-state index in [0.717, 1.165) is 10.6 Å². The van der Waals surface area contributed by atoms with E-state index in [0.29, 0.717) is 16.8 Å². The summed E-state index contributed by atoms with van der Waals surface area (Å²) >= 11 is 1.59. The number of carbonyl (C=O) groups is 1. The molecule has 0 aliphatic rings. The molecule has 132 valence electrons. The first kappa shape index (κ1) is 17.8. The molecule has 1 atom stereocenters. The van der Waals surface area contributed by atoms with Crippen molar-refractivity contribution in [2.45, 2.75) is 19.9 Å². The number of rotatable bonds is 5. The monoisotopic (exact) mass is 367 g/mol. The highest BCUT2D eigenvalue weighted by Crippen LogP contribution is 2.24. The summed E-state index contributed by atoms with van der Waals surface area (Å²) in [5, 5.41) is 15.8. The van der Waals surface area contributed by atoms with Crippen LogP contribution in [-0.4, -0.2) is 15.8 Å². The molecule has 0 spiro atoms. The van der Waals surface area contributed by atoms with E-state index in [2.05, 4.69) is 10.3 Å². The van der Waals surface area contributed by atoms with E-state index in [1.54, 1.807) is 43.4 Å². The largest absolute Gasteiger partial charge is 0.345 e. The number of benzene rings is 1. The number of amides is 1. The topological polar surface area (TPSA) is 85.1 Å². The number of nitrogens with one attached hydrogen (secondary N) is 1. The lowest BCUT2D eigenvalue weighted by Gasteiger charge is -2.15. The number of nitrogens with zero attached hydrogens (tertiary/aromatic N) is 2. The molecule has 2 heterocycles. The Morgan fingerprint density at radius 2 is 2.04 bits per heavy atom. The Labute approximate surface area is 154 Å². The Morgan fingerprint density at radius 1 is 1.23 bits per heavy atom. The number of aromatic nitrogens is 1. The van der Waals surface area contributed by atoms with Crippen molar-refractivity contribution in [2.75, 3.05) is 0 Å². The lowest BCUT2D eigenvalue weighted by atomic mass is 10.1. The highest BCUT2D eigenvalue weighted by molar-refractivity contribution is 7.13. The highest BCUT2D eigenvalue weighted by Gasteiger charge is 2.16. The van der Waals surface area contributed by atoms with Crippen LogP contribution in [0.1, 0.15) is 34.6 Å². The van der Waals surface area contributed by atoms with Gasteiger partial charge < -0.3 is 5.32 Å². The third-order valence-corrected chi connectivity index (χ3v) is 4.93. The predicted molar refractivity (Wildman–Crippen MR) is 101 cm³/mol. The second kappa shape index (κ2) is 7.45. The molecule has 0 fully saturated rings. The molecular formula is C19H17N3O3S. The third kappa shape index (κ3) is 3.78. The van der Waals surface area contributed by atoms with Crippen molar-refractivity contribution in [1.82, 2.24) is 10.3 Å². The normalized spacial score (nSPS) is 11.8. The van der Waals surface area contributed by atoms with Crippen LogP contribution >= 0.6 is 11.3 Å². The van der Waals surface area contributed by atoms with Gasteiger partial charge in [-0.3, -0.25) is 19.9 Å². The molecule has 0 aliphatic carbocycles. The van der Waals surface area contributed by atoms with Gasteiger partial charge in [0.05, 0.1) is 32.8 Å². The maximum atomic E-state index is 12.6. The van der Waals surface area contributed by atoms with Crippen LogP contribution in [0.3, 0.4) is 0 Å². The summed E-state index contributed by atoms with van der Waals surface area (Å²) in [6, 6.07) is 13.4. The van der Waals surface area contributed by atoms with Crippen molar-refractivity contribution in [3.8, 4) is 10.6 Å². The molecule has 1 amide bonds. The predicted octanol–water partition coefficient (Wildman–Crippen LogP) is 4.52. The van der Waals surface area contributed by atoms with Crippen molar-refractivity contribution in [3.05, 3.63) is 80.8 Å². The van der Waals surface area contributed by atoms with Crippen molar-refractivity contribution in [1.29, 1.82) is 0 Å². The summed E-state index contributed by atoms with van der Waals surface area (Å²) in [5.74, 6) is -0.258. The van der Waals surface area contributed by atoms with Gasteiger partial charge in [-0.1, -0.05) is 18.2 Å². The summed E-state index contributed by atoms with van der Waals surface area (Å²) in [5.41, 5.74) is 2.64. The van der Waals surface area contributed by atoms with E-state index in [4.69, 9.17) is 0 Å². The minimum atomic E-state index is -0.449. The van der Waals surface area contributed by atoms with Crippen LogP contribution in [0.5, 0.6) is 0 Å². The van der Waals surface area contributed by atoms with Gasteiger partial charge in [0.1, 0.15) is 0 Å². The molecule has 0 radical (unpaired) electrons. The van der Waals surface area contributed by atoms with E-state index >= 15 is 0 Å². The van der Waals surface area contributed by atoms with Crippen LogP contribution in [-0.2, 0) is 0 Å². The first-order valence-electron chi connectivity index (χ1n) is 8.02. The fraction of sp³-hybridized carbons (Fsp3) is 0.158. The number of carbonyl (C=O) groups excluding carboxylic acids is 1. The second-order valence-electron chi connectivity index (χ2n) is 5.85.